The normalized spacial score (nSPS) is 11.0. The number of rotatable bonds is 6. The van der Waals surface area contributed by atoms with E-state index in [1.54, 1.807) is 0 Å². The zero-order valence-electron chi connectivity index (χ0n) is 9.54. The van der Waals surface area contributed by atoms with Gasteiger partial charge in [0.05, 0.1) is 6.04 Å². The van der Waals surface area contributed by atoms with Crippen LogP contribution in [0.15, 0.2) is 0 Å². The first kappa shape index (κ1) is 19.4. The first-order valence-corrected chi connectivity index (χ1v) is 6.30. The van der Waals surface area contributed by atoms with Gasteiger partial charge < -0.3 is 23.3 Å². The van der Waals surface area contributed by atoms with Crippen LogP contribution in [-0.2, 0) is 49.4 Å². The van der Waals surface area contributed by atoms with Crippen molar-refractivity contribution in [2.75, 3.05) is 18.1 Å². The monoisotopic (exact) mass is 370 g/mol. The van der Waals surface area contributed by atoms with Gasteiger partial charge in [-0.2, -0.15) is 0 Å². The Balaban J connectivity index is 0. The van der Waals surface area contributed by atoms with Gasteiger partial charge in [-0.05, 0) is 0 Å². The predicted molar refractivity (Wildman–Crippen MR) is 66.0 cm³/mol. The van der Waals surface area contributed by atoms with Gasteiger partial charge in [0.15, 0.2) is 5.12 Å². The Morgan fingerprint density at radius 3 is 2.29 bits per heavy atom. The van der Waals surface area contributed by atoms with Crippen LogP contribution in [0.5, 0.6) is 0 Å². The van der Waals surface area contributed by atoms with Crippen molar-refractivity contribution in [2.24, 2.45) is 0 Å². The van der Waals surface area contributed by atoms with Crippen LogP contribution in [0.1, 0.15) is 13.8 Å². The van der Waals surface area contributed by atoms with E-state index in [0.717, 1.165) is 11.8 Å². The van der Waals surface area contributed by atoms with Gasteiger partial charge >= 0.3 is 22.4 Å². The van der Waals surface area contributed by atoms with E-state index >= 15 is 0 Å². The van der Waals surface area contributed by atoms with Crippen molar-refractivity contribution in [2.45, 2.75) is 19.9 Å². The standard InChI is InChI=1S/C9H16N2O3S2.Ag/c1-6(12)11-8(5-15)9(14)10-3-4-16-7(2)13;/h8,15H,3-5H2,1-2H3,(H,10,14)(H,11,12);/q;+1/p-1/t8-;/m0./s1. The fourth-order valence-corrected chi connectivity index (χ4v) is 1.65. The maximum atomic E-state index is 11.5. The average Bonchev–Trinajstić information content (AvgIpc) is 2.20. The van der Waals surface area contributed by atoms with Gasteiger partial charge in [-0.15, -0.1) is 5.75 Å². The van der Waals surface area contributed by atoms with E-state index in [1.165, 1.54) is 13.8 Å². The Morgan fingerprint density at radius 1 is 1.29 bits per heavy atom. The molecular formula is C9H15AgN2O3S2. The van der Waals surface area contributed by atoms with Gasteiger partial charge in [0, 0.05) is 26.1 Å². The Morgan fingerprint density at radius 2 is 1.88 bits per heavy atom. The van der Waals surface area contributed by atoms with Crippen LogP contribution < -0.4 is 10.6 Å². The molecule has 0 saturated carbocycles. The molecule has 2 amide bonds. The second-order valence-corrected chi connectivity index (χ2v) is 4.66. The number of carbonyl (C=O) groups excluding carboxylic acids is 3. The molecule has 0 aliphatic heterocycles. The molecule has 0 radical (unpaired) electrons. The largest absolute Gasteiger partial charge is 1.00 e. The predicted octanol–water partition coefficient (Wildman–Crippen LogP) is -0.569. The van der Waals surface area contributed by atoms with Crippen LogP contribution in [0.25, 0.3) is 0 Å². The molecule has 0 aromatic carbocycles. The molecule has 0 aliphatic rings. The van der Waals surface area contributed by atoms with Gasteiger partial charge in [0.2, 0.25) is 11.8 Å². The van der Waals surface area contributed by atoms with E-state index < -0.39 is 6.04 Å². The van der Waals surface area contributed by atoms with Gasteiger partial charge in [-0.1, -0.05) is 11.8 Å². The molecule has 102 valence electrons. The van der Waals surface area contributed by atoms with Crippen molar-refractivity contribution < 1.29 is 36.8 Å². The summed E-state index contributed by atoms with van der Waals surface area (Å²) in [6.07, 6.45) is 0. The minimum Gasteiger partial charge on any atom is -0.790 e. The number of carbonyl (C=O) groups is 3. The average molecular weight is 371 g/mol. The smallest absolute Gasteiger partial charge is 0.790 e. The first-order chi connectivity index (χ1) is 7.47. The third-order valence-electron chi connectivity index (χ3n) is 1.57. The summed E-state index contributed by atoms with van der Waals surface area (Å²) in [4.78, 5) is 32.8. The number of thioether (sulfide) groups is 1. The van der Waals surface area contributed by atoms with Crippen molar-refractivity contribution in [3.63, 3.8) is 0 Å². The van der Waals surface area contributed by atoms with Gasteiger partial charge in [-0.25, -0.2) is 0 Å². The summed E-state index contributed by atoms with van der Waals surface area (Å²) in [5.74, 6) is 0.0498. The van der Waals surface area contributed by atoms with Crippen LogP contribution >= 0.6 is 11.8 Å². The second kappa shape index (κ2) is 11.2. The molecule has 0 bridgehead atoms. The van der Waals surface area contributed by atoms with Crippen molar-refractivity contribution >= 4 is 41.3 Å². The molecule has 0 unspecified atom stereocenters. The molecule has 0 aromatic heterocycles. The Hall–Kier alpha value is 0.0503. The molecule has 0 rings (SSSR count). The van der Waals surface area contributed by atoms with Crippen LogP contribution in [0.4, 0.5) is 0 Å². The molecule has 0 spiro atoms. The van der Waals surface area contributed by atoms with E-state index in [9.17, 15) is 14.4 Å². The Labute approximate surface area is 126 Å². The number of hydrogen-bond donors (Lipinski definition) is 2. The Kier molecular flexibility index (Phi) is 12.7. The summed E-state index contributed by atoms with van der Waals surface area (Å²) in [5, 5.41) is 5.06. The van der Waals surface area contributed by atoms with E-state index in [2.05, 4.69) is 10.6 Å². The van der Waals surface area contributed by atoms with Crippen molar-refractivity contribution in [3.8, 4) is 0 Å². The van der Waals surface area contributed by atoms with E-state index in [-0.39, 0.29) is 45.1 Å². The summed E-state index contributed by atoms with van der Waals surface area (Å²) in [6.45, 7) is 3.18. The van der Waals surface area contributed by atoms with Crippen LogP contribution in [0.2, 0.25) is 0 Å². The molecule has 0 saturated heterocycles. The van der Waals surface area contributed by atoms with Gasteiger partial charge in [0.1, 0.15) is 0 Å². The minimum absolute atomic E-state index is 0. The molecule has 1 atom stereocenters. The van der Waals surface area contributed by atoms with E-state index in [0.29, 0.717) is 12.3 Å². The molecule has 17 heavy (non-hydrogen) atoms. The third-order valence-corrected chi connectivity index (χ3v) is 2.72. The second-order valence-electron chi connectivity index (χ2n) is 3.05. The molecule has 0 aromatic rings. The molecule has 5 nitrogen and oxygen atoms in total. The summed E-state index contributed by atoms with van der Waals surface area (Å²) < 4.78 is 0. The number of nitrogens with one attached hydrogen (secondary N) is 2. The summed E-state index contributed by atoms with van der Waals surface area (Å²) >= 11 is 5.89. The van der Waals surface area contributed by atoms with Gasteiger partial charge in [0.25, 0.3) is 0 Å². The van der Waals surface area contributed by atoms with Gasteiger partial charge in [-0.3, -0.25) is 14.4 Å². The maximum absolute atomic E-state index is 11.5. The quantitative estimate of drug-likeness (QED) is 0.372. The van der Waals surface area contributed by atoms with Crippen molar-refractivity contribution in [1.29, 1.82) is 0 Å². The van der Waals surface area contributed by atoms with Crippen LogP contribution in [-0.4, -0.2) is 41.0 Å². The topological polar surface area (TPSA) is 75.3 Å². The maximum Gasteiger partial charge on any atom is 1.00 e. The van der Waals surface area contributed by atoms with Crippen molar-refractivity contribution in [1.82, 2.24) is 10.6 Å². The number of amides is 2. The van der Waals surface area contributed by atoms with E-state index in [1.807, 2.05) is 0 Å². The summed E-state index contributed by atoms with van der Waals surface area (Å²) in [7, 11) is 0. The van der Waals surface area contributed by atoms with Crippen LogP contribution in [0, 0.1) is 0 Å². The zero-order valence-corrected chi connectivity index (χ0v) is 12.7. The molecule has 0 fully saturated rings. The molecule has 2 N–H and O–H groups in total. The molecule has 0 heterocycles. The van der Waals surface area contributed by atoms with E-state index in [4.69, 9.17) is 12.6 Å². The summed E-state index contributed by atoms with van der Waals surface area (Å²) in [6, 6.07) is -0.671. The first-order valence-electron chi connectivity index (χ1n) is 4.73. The Bertz CT molecular complexity index is 277. The molecule has 0 aliphatic carbocycles. The molecular weight excluding hydrogens is 356 g/mol. The minimum atomic E-state index is -0.671. The number of hydrogen-bond acceptors (Lipinski definition) is 5. The zero-order chi connectivity index (χ0) is 12.6. The fraction of sp³-hybridized carbons (Fsp3) is 0.667. The summed E-state index contributed by atoms with van der Waals surface area (Å²) in [5.41, 5.74) is 0. The molecule has 8 heteroatoms. The van der Waals surface area contributed by atoms with Crippen molar-refractivity contribution in [3.05, 3.63) is 0 Å². The third kappa shape index (κ3) is 10.9. The SMILES string of the molecule is CC(=O)N[C@@H](C[S-])C(=O)NCCSC(C)=O.[Ag+]. The fourth-order valence-electron chi connectivity index (χ4n) is 0.920. The van der Waals surface area contributed by atoms with Crippen LogP contribution in [0.3, 0.4) is 0 Å².